The molecule has 0 heterocycles. The number of hydrogen-bond donors (Lipinski definition) is 0. The molecule has 0 aliphatic heterocycles. The van der Waals surface area contributed by atoms with Crippen LogP contribution >= 0.6 is 15.9 Å². The summed E-state index contributed by atoms with van der Waals surface area (Å²) >= 11 is 2.91. The molecule has 0 aromatic rings. The van der Waals surface area contributed by atoms with Gasteiger partial charge in [0.15, 0.2) is 0 Å². The first-order valence-electron chi connectivity index (χ1n) is 3.83. The molecule has 0 rings (SSSR count). The second-order valence-corrected chi connectivity index (χ2v) is 5.59. The maximum absolute atomic E-state index is 12.0. The summed E-state index contributed by atoms with van der Waals surface area (Å²) < 4.78 is 58.7. The van der Waals surface area contributed by atoms with Crippen molar-refractivity contribution in [1.29, 1.82) is 0 Å². The third-order valence-electron chi connectivity index (χ3n) is 1.45. The van der Waals surface area contributed by atoms with Gasteiger partial charge in [0.2, 0.25) is 10.0 Å². The number of rotatable bonds is 5. The molecule has 0 aliphatic carbocycles. The zero-order valence-corrected chi connectivity index (χ0v) is 9.91. The molecule has 86 valence electrons. The van der Waals surface area contributed by atoms with Crippen molar-refractivity contribution in [2.24, 2.45) is 0 Å². The van der Waals surface area contributed by atoms with Gasteiger partial charge in [-0.3, -0.25) is 0 Å². The molecule has 0 amide bonds. The Balaban J connectivity index is 4.62. The lowest BCUT2D eigenvalue weighted by Crippen LogP contribution is -2.40. The molecular formula is C6H11BrF3NO2S. The summed E-state index contributed by atoms with van der Waals surface area (Å²) in [6, 6.07) is 0. The van der Waals surface area contributed by atoms with Crippen LogP contribution in [-0.2, 0) is 10.0 Å². The Morgan fingerprint density at radius 2 is 1.86 bits per heavy atom. The largest absolute Gasteiger partial charge is 0.402 e. The van der Waals surface area contributed by atoms with Gasteiger partial charge in [-0.2, -0.15) is 17.5 Å². The minimum Gasteiger partial charge on any atom is -0.212 e. The molecule has 8 heteroatoms. The van der Waals surface area contributed by atoms with E-state index < -0.39 is 22.7 Å². The Morgan fingerprint density at radius 3 is 2.14 bits per heavy atom. The predicted molar refractivity (Wildman–Crippen MR) is 50.9 cm³/mol. The third-order valence-corrected chi connectivity index (χ3v) is 3.63. The second kappa shape index (κ2) is 5.32. The second-order valence-electron chi connectivity index (χ2n) is 2.54. The fourth-order valence-corrected chi connectivity index (χ4v) is 2.53. The quantitative estimate of drug-likeness (QED) is 0.723. The van der Waals surface area contributed by atoms with E-state index in [0.717, 1.165) is 0 Å². The van der Waals surface area contributed by atoms with Gasteiger partial charge in [-0.25, -0.2) is 8.42 Å². The highest BCUT2D eigenvalue weighted by atomic mass is 79.9. The van der Waals surface area contributed by atoms with Gasteiger partial charge in [0.25, 0.3) is 0 Å². The van der Waals surface area contributed by atoms with E-state index in [1.807, 2.05) is 0 Å². The minimum atomic E-state index is -4.50. The third kappa shape index (κ3) is 5.16. The number of nitrogens with zero attached hydrogens (tertiary/aromatic N) is 1. The van der Waals surface area contributed by atoms with Crippen molar-refractivity contribution in [2.45, 2.75) is 13.1 Å². The lowest BCUT2D eigenvalue weighted by atomic mass is 10.6. The maximum Gasteiger partial charge on any atom is 0.402 e. The molecule has 0 spiro atoms. The van der Waals surface area contributed by atoms with Gasteiger partial charge < -0.3 is 0 Å². The van der Waals surface area contributed by atoms with Crippen LogP contribution in [0.3, 0.4) is 0 Å². The molecule has 0 bridgehead atoms. The Hall–Kier alpha value is 0.180. The summed E-state index contributed by atoms with van der Waals surface area (Å²) in [5.41, 5.74) is 0. The minimum absolute atomic E-state index is 0.171. The van der Waals surface area contributed by atoms with Crippen molar-refractivity contribution < 1.29 is 21.6 Å². The van der Waals surface area contributed by atoms with Crippen LogP contribution in [0.15, 0.2) is 0 Å². The molecule has 0 unspecified atom stereocenters. The van der Waals surface area contributed by atoms with Crippen LogP contribution in [0.25, 0.3) is 0 Å². The Labute approximate surface area is 89.4 Å². The average Bonchev–Trinajstić information content (AvgIpc) is 2.01. The molecule has 0 aliphatic rings. The molecule has 14 heavy (non-hydrogen) atoms. The van der Waals surface area contributed by atoms with E-state index in [1.165, 1.54) is 6.92 Å². The molecule has 0 aromatic carbocycles. The highest BCUT2D eigenvalue weighted by molar-refractivity contribution is 9.09. The first-order chi connectivity index (χ1) is 6.23. The van der Waals surface area contributed by atoms with Crippen LogP contribution in [0, 0.1) is 0 Å². The van der Waals surface area contributed by atoms with E-state index >= 15 is 0 Å². The van der Waals surface area contributed by atoms with E-state index in [2.05, 4.69) is 15.9 Å². The maximum atomic E-state index is 12.0. The molecule has 0 atom stereocenters. The number of halogens is 4. The lowest BCUT2D eigenvalue weighted by Gasteiger charge is -2.21. The molecule has 0 aromatic heterocycles. The first-order valence-corrected chi connectivity index (χ1v) is 6.56. The highest BCUT2D eigenvalue weighted by Gasteiger charge is 2.35. The van der Waals surface area contributed by atoms with Gasteiger partial charge in [0, 0.05) is 11.9 Å². The summed E-state index contributed by atoms with van der Waals surface area (Å²) in [6.45, 7) is -0.280. The highest BCUT2D eigenvalue weighted by Crippen LogP contribution is 2.18. The molecule has 0 saturated carbocycles. The lowest BCUT2D eigenvalue weighted by molar-refractivity contribution is -0.135. The molecule has 3 nitrogen and oxygen atoms in total. The van der Waals surface area contributed by atoms with E-state index in [-0.39, 0.29) is 17.6 Å². The summed E-state index contributed by atoms with van der Waals surface area (Å²) in [4.78, 5) is 0. The molecule has 0 N–H and O–H groups in total. The smallest absolute Gasteiger partial charge is 0.212 e. The zero-order valence-electron chi connectivity index (χ0n) is 7.51. The Kier molecular flexibility index (Phi) is 5.38. The van der Waals surface area contributed by atoms with Crippen LogP contribution in [-0.4, -0.2) is 43.1 Å². The van der Waals surface area contributed by atoms with Crippen molar-refractivity contribution in [3.05, 3.63) is 0 Å². The summed E-state index contributed by atoms with van der Waals surface area (Å²) in [6.07, 6.45) is -4.50. The van der Waals surface area contributed by atoms with Crippen molar-refractivity contribution in [3.8, 4) is 0 Å². The molecule has 0 fully saturated rings. The standard InChI is InChI=1S/C6H11BrF3NO2S/c1-2-14(12,13)11(4-3-7)5-6(8,9)10/h2-5H2,1H3. The van der Waals surface area contributed by atoms with E-state index in [0.29, 0.717) is 4.31 Å². The summed E-state index contributed by atoms with van der Waals surface area (Å²) in [5.74, 6) is -0.323. The first kappa shape index (κ1) is 14.2. The van der Waals surface area contributed by atoms with Gasteiger partial charge in [0.1, 0.15) is 6.54 Å². The summed E-state index contributed by atoms with van der Waals surface area (Å²) in [7, 11) is -3.77. The van der Waals surface area contributed by atoms with Crippen LogP contribution in [0.4, 0.5) is 13.2 Å². The molecular weight excluding hydrogens is 287 g/mol. The van der Waals surface area contributed by atoms with Gasteiger partial charge in [-0.1, -0.05) is 15.9 Å². The van der Waals surface area contributed by atoms with Crippen LogP contribution < -0.4 is 0 Å². The number of alkyl halides is 4. The van der Waals surface area contributed by atoms with Crippen molar-refractivity contribution in [1.82, 2.24) is 4.31 Å². The van der Waals surface area contributed by atoms with Gasteiger partial charge in [-0.05, 0) is 6.92 Å². The topological polar surface area (TPSA) is 37.4 Å². The van der Waals surface area contributed by atoms with Crippen molar-refractivity contribution in [2.75, 3.05) is 24.2 Å². The normalized spacial score (nSPS) is 13.6. The van der Waals surface area contributed by atoms with Gasteiger partial charge in [0.05, 0.1) is 5.75 Å². The number of sulfonamides is 1. The zero-order chi connectivity index (χ0) is 11.4. The monoisotopic (exact) mass is 297 g/mol. The SMILES string of the molecule is CCS(=O)(=O)N(CCBr)CC(F)(F)F. The summed E-state index contributed by atoms with van der Waals surface area (Å²) in [5, 5.41) is 0.183. The van der Waals surface area contributed by atoms with Crippen LogP contribution in [0.2, 0.25) is 0 Å². The van der Waals surface area contributed by atoms with E-state index in [9.17, 15) is 21.6 Å². The fourth-order valence-electron chi connectivity index (χ4n) is 0.793. The average molecular weight is 298 g/mol. The number of hydrogen-bond acceptors (Lipinski definition) is 2. The van der Waals surface area contributed by atoms with Crippen LogP contribution in [0.1, 0.15) is 6.92 Å². The van der Waals surface area contributed by atoms with Crippen molar-refractivity contribution >= 4 is 26.0 Å². The predicted octanol–water partition coefficient (Wildman–Crippen LogP) is 1.60. The van der Waals surface area contributed by atoms with E-state index in [4.69, 9.17) is 0 Å². The van der Waals surface area contributed by atoms with E-state index in [1.54, 1.807) is 0 Å². The fraction of sp³-hybridized carbons (Fsp3) is 1.00. The van der Waals surface area contributed by atoms with Crippen LogP contribution in [0.5, 0.6) is 0 Å². The Morgan fingerprint density at radius 1 is 1.36 bits per heavy atom. The van der Waals surface area contributed by atoms with Crippen molar-refractivity contribution in [3.63, 3.8) is 0 Å². The van der Waals surface area contributed by atoms with Gasteiger partial charge >= 0.3 is 6.18 Å². The molecule has 0 radical (unpaired) electrons. The Bertz CT molecular complexity index is 265. The van der Waals surface area contributed by atoms with Gasteiger partial charge in [-0.15, -0.1) is 0 Å². The molecule has 0 saturated heterocycles.